The number of hydrogen-bond acceptors (Lipinski definition) is 5. The summed E-state index contributed by atoms with van der Waals surface area (Å²) in [5.74, 6) is -6.73. The molecular weight excluding hydrogens is 559 g/mol. The third-order valence-corrected chi connectivity index (χ3v) is 10.3. The number of halogens is 4. The first-order chi connectivity index (χ1) is 19.3. The number of fused-ring (bicyclic) bond motifs is 1. The summed E-state index contributed by atoms with van der Waals surface area (Å²) in [5, 5.41) is 13.8. The fraction of sp³-hybridized carbons (Fsp3) is 0.621. The molecule has 3 heterocycles. The lowest BCUT2D eigenvalue weighted by Gasteiger charge is -2.54. The summed E-state index contributed by atoms with van der Waals surface area (Å²) in [6.07, 6.45) is 3.94. The van der Waals surface area contributed by atoms with Gasteiger partial charge in [-0.1, -0.05) is 11.6 Å². The van der Waals surface area contributed by atoms with Crippen LogP contribution in [0.25, 0.3) is 0 Å². The molecule has 2 N–H and O–H groups in total. The van der Waals surface area contributed by atoms with Gasteiger partial charge in [-0.2, -0.15) is 8.78 Å². The van der Waals surface area contributed by atoms with Gasteiger partial charge in [-0.25, -0.2) is 9.37 Å². The van der Waals surface area contributed by atoms with Crippen LogP contribution in [0.1, 0.15) is 60.6 Å². The number of carbonyl (C=O) groups excluding carboxylic acids is 2. The average Bonchev–Trinajstić information content (AvgIpc) is 3.56. The highest BCUT2D eigenvalue weighted by Gasteiger charge is 2.66. The fourth-order valence-corrected chi connectivity index (χ4v) is 7.82. The summed E-state index contributed by atoms with van der Waals surface area (Å²) in [6, 6.07) is 3.89. The molecule has 222 valence electrons. The Morgan fingerprint density at radius 3 is 2.37 bits per heavy atom. The Kier molecular flexibility index (Phi) is 6.94. The van der Waals surface area contributed by atoms with Crippen LogP contribution in [-0.4, -0.2) is 81.0 Å². The number of hydrogen-bond donors (Lipinski definition) is 2. The van der Waals surface area contributed by atoms with Crippen LogP contribution in [0.3, 0.4) is 0 Å². The summed E-state index contributed by atoms with van der Waals surface area (Å²) >= 11 is 5.84. The molecule has 1 aromatic carbocycles. The van der Waals surface area contributed by atoms with Crippen LogP contribution in [0, 0.1) is 23.1 Å². The number of nitrogens with zero attached hydrogens (tertiary/aromatic N) is 4. The minimum Gasteiger partial charge on any atom is -0.383 e. The Morgan fingerprint density at radius 2 is 1.76 bits per heavy atom. The Hall–Kier alpha value is -2.63. The maximum atomic E-state index is 15.6. The van der Waals surface area contributed by atoms with E-state index in [1.807, 2.05) is 7.05 Å². The number of aliphatic hydroxyl groups is 1. The molecule has 2 saturated heterocycles. The van der Waals surface area contributed by atoms with Gasteiger partial charge in [-0.3, -0.25) is 9.59 Å². The van der Waals surface area contributed by atoms with Crippen molar-refractivity contribution in [1.82, 2.24) is 19.4 Å². The van der Waals surface area contributed by atoms with Gasteiger partial charge in [0.15, 0.2) is 0 Å². The van der Waals surface area contributed by atoms with Gasteiger partial charge in [0.25, 0.3) is 11.8 Å². The number of nitrogens with one attached hydrogen (secondary N) is 1. The minimum absolute atomic E-state index is 0.0735. The van der Waals surface area contributed by atoms with Crippen molar-refractivity contribution in [2.75, 3.05) is 38.5 Å². The number of rotatable bonds is 5. The van der Waals surface area contributed by atoms with E-state index in [2.05, 4.69) is 15.2 Å². The van der Waals surface area contributed by atoms with Gasteiger partial charge in [-0.15, -0.1) is 0 Å². The van der Waals surface area contributed by atoms with Crippen LogP contribution in [-0.2, 0) is 11.8 Å². The number of anilines is 1. The number of amides is 2. The molecule has 2 unspecified atom stereocenters. The van der Waals surface area contributed by atoms with Crippen molar-refractivity contribution in [3.8, 4) is 0 Å². The van der Waals surface area contributed by atoms with Crippen LogP contribution in [0.5, 0.6) is 0 Å². The number of aryl methyl sites for hydroxylation is 1. The van der Waals surface area contributed by atoms with E-state index in [4.69, 9.17) is 11.6 Å². The molecule has 8 nitrogen and oxygen atoms in total. The number of piperidine rings is 1. The fourth-order valence-electron chi connectivity index (χ4n) is 7.64. The highest BCUT2D eigenvalue weighted by atomic mass is 35.5. The van der Waals surface area contributed by atoms with E-state index in [1.54, 1.807) is 11.6 Å². The molecule has 2 saturated carbocycles. The quantitative estimate of drug-likeness (QED) is 0.540. The number of aromatic nitrogens is 2. The predicted octanol–water partition coefficient (Wildman–Crippen LogP) is 4.29. The zero-order valence-electron chi connectivity index (χ0n) is 23.2. The Bertz CT molecular complexity index is 1350. The molecular formula is C29H35ClF3N5O3. The lowest BCUT2D eigenvalue weighted by atomic mass is 9.71. The highest BCUT2D eigenvalue weighted by molar-refractivity contribution is 6.31. The monoisotopic (exact) mass is 593 g/mol. The van der Waals surface area contributed by atoms with Crippen molar-refractivity contribution < 1.29 is 27.9 Å². The Morgan fingerprint density at radius 1 is 1.12 bits per heavy atom. The van der Waals surface area contributed by atoms with E-state index in [0.29, 0.717) is 43.0 Å². The number of carbonyl (C=O) groups is 2. The molecule has 1 aromatic heterocycles. The standard InChI is InChI=1S/C29H35ClF3N5O3/c1-36-7-5-27(6-8-36)14-38(15-27)26(40)29(32,33)28(41)12-18-9-17(10-19(18)13-28)23-24(37(2)16-34-23)25(39)35-20-3-4-22(31)21(30)11-20/h3-4,11,16-19,41H,5-10,12-15H2,1-2H3,(H,35,39). The number of likely N-dealkylation sites (tertiary alicyclic amines) is 2. The van der Waals surface area contributed by atoms with Crippen LogP contribution in [0.15, 0.2) is 24.5 Å². The number of benzene rings is 1. The van der Waals surface area contributed by atoms with Crippen LogP contribution in [0.4, 0.5) is 18.9 Å². The van der Waals surface area contributed by atoms with Crippen molar-refractivity contribution in [2.24, 2.45) is 24.3 Å². The van der Waals surface area contributed by atoms with Crippen molar-refractivity contribution in [1.29, 1.82) is 0 Å². The molecule has 2 atom stereocenters. The van der Waals surface area contributed by atoms with E-state index in [0.717, 1.165) is 32.0 Å². The molecule has 1 spiro atoms. The third-order valence-electron chi connectivity index (χ3n) is 10.0. The Balaban J connectivity index is 1.10. The first kappa shape index (κ1) is 28.5. The lowest BCUT2D eigenvalue weighted by molar-refractivity contribution is -0.212. The van der Waals surface area contributed by atoms with Gasteiger partial charge in [0, 0.05) is 37.2 Å². The smallest absolute Gasteiger partial charge is 0.352 e. The van der Waals surface area contributed by atoms with Crippen LogP contribution < -0.4 is 5.32 Å². The second kappa shape index (κ2) is 9.98. The van der Waals surface area contributed by atoms with Gasteiger partial charge in [-0.05, 0) is 88.7 Å². The number of alkyl halides is 2. The maximum Gasteiger partial charge on any atom is 0.352 e. The molecule has 41 heavy (non-hydrogen) atoms. The van der Waals surface area contributed by atoms with Crippen molar-refractivity contribution >= 4 is 29.1 Å². The van der Waals surface area contributed by atoms with Gasteiger partial charge in [0.2, 0.25) is 0 Å². The topological polar surface area (TPSA) is 90.7 Å². The summed E-state index contributed by atoms with van der Waals surface area (Å²) in [4.78, 5) is 34.0. The molecule has 0 bridgehead atoms. The van der Waals surface area contributed by atoms with Gasteiger partial charge >= 0.3 is 5.92 Å². The van der Waals surface area contributed by atoms with Crippen molar-refractivity contribution in [3.05, 3.63) is 46.8 Å². The van der Waals surface area contributed by atoms with Crippen LogP contribution in [0.2, 0.25) is 5.02 Å². The van der Waals surface area contributed by atoms with E-state index in [9.17, 15) is 19.1 Å². The van der Waals surface area contributed by atoms with Crippen molar-refractivity contribution in [3.63, 3.8) is 0 Å². The second-order valence-electron chi connectivity index (χ2n) is 12.8. The summed E-state index contributed by atoms with van der Waals surface area (Å²) in [7, 11) is 3.72. The first-order valence-corrected chi connectivity index (χ1v) is 14.5. The molecule has 2 amide bonds. The predicted molar refractivity (Wildman–Crippen MR) is 146 cm³/mol. The van der Waals surface area contributed by atoms with Crippen molar-refractivity contribution in [2.45, 2.75) is 56.0 Å². The maximum absolute atomic E-state index is 15.6. The normalized spacial score (nSPS) is 29.4. The minimum atomic E-state index is -3.85. The summed E-state index contributed by atoms with van der Waals surface area (Å²) < 4.78 is 46.3. The zero-order chi connectivity index (χ0) is 29.3. The Labute approximate surface area is 241 Å². The molecule has 12 heteroatoms. The van der Waals surface area contributed by atoms with E-state index in [1.165, 1.54) is 23.4 Å². The van der Waals surface area contributed by atoms with Gasteiger partial charge < -0.3 is 24.8 Å². The van der Waals surface area contributed by atoms with Gasteiger partial charge in [0.1, 0.15) is 17.1 Å². The van der Waals surface area contributed by atoms with Crippen LogP contribution >= 0.6 is 11.6 Å². The lowest BCUT2D eigenvalue weighted by Crippen LogP contribution is -2.67. The largest absolute Gasteiger partial charge is 0.383 e. The number of imidazole rings is 1. The molecule has 2 aromatic rings. The highest BCUT2D eigenvalue weighted by Crippen LogP contribution is 2.58. The molecule has 4 aliphatic rings. The molecule has 6 rings (SSSR count). The summed E-state index contributed by atoms with van der Waals surface area (Å²) in [5.41, 5.74) is -1.24. The van der Waals surface area contributed by atoms with Gasteiger partial charge in [0.05, 0.1) is 17.0 Å². The summed E-state index contributed by atoms with van der Waals surface area (Å²) in [6.45, 7) is 2.45. The SMILES string of the molecule is CN1CCC2(CC1)CN(C(=O)C(F)(F)C1(O)CC3CC(c4ncn(C)c4C(=O)Nc4ccc(F)c(Cl)c4)CC3C1)C2. The molecule has 4 fully saturated rings. The third kappa shape index (κ3) is 4.83. The second-order valence-corrected chi connectivity index (χ2v) is 13.2. The first-order valence-electron chi connectivity index (χ1n) is 14.2. The zero-order valence-corrected chi connectivity index (χ0v) is 23.9. The average molecular weight is 594 g/mol. The van der Waals surface area contributed by atoms with E-state index >= 15 is 8.78 Å². The van der Waals surface area contributed by atoms with E-state index < -0.39 is 29.2 Å². The van der Waals surface area contributed by atoms with E-state index in [-0.39, 0.29) is 41.0 Å². The molecule has 0 radical (unpaired) electrons. The molecule has 2 aliphatic heterocycles. The molecule has 2 aliphatic carbocycles.